The van der Waals surface area contributed by atoms with E-state index in [9.17, 15) is 9.59 Å². The van der Waals surface area contributed by atoms with Gasteiger partial charge in [0.2, 0.25) is 5.91 Å². The quantitative estimate of drug-likeness (QED) is 0.576. The zero-order valence-corrected chi connectivity index (χ0v) is 18.7. The van der Waals surface area contributed by atoms with Crippen molar-refractivity contribution in [2.45, 2.75) is 12.8 Å². The summed E-state index contributed by atoms with van der Waals surface area (Å²) in [6.45, 7) is 1.45. The zero-order valence-electron chi connectivity index (χ0n) is 18.7. The lowest BCUT2D eigenvalue weighted by Crippen LogP contribution is -2.38. The summed E-state index contributed by atoms with van der Waals surface area (Å²) in [7, 11) is 2.98. The van der Waals surface area contributed by atoms with Crippen LogP contribution in [0.4, 0.5) is 11.5 Å². The van der Waals surface area contributed by atoms with Gasteiger partial charge in [0.05, 0.1) is 25.5 Å². The first-order chi connectivity index (χ1) is 16.1. The van der Waals surface area contributed by atoms with E-state index in [4.69, 9.17) is 9.47 Å². The third kappa shape index (κ3) is 5.11. The number of nitrogens with zero attached hydrogens (tertiary/aromatic N) is 3. The number of esters is 1. The van der Waals surface area contributed by atoms with Gasteiger partial charge < -0.3 is 19.7 Å². The number of methoxy groups -OCH3 is 2. The van der Waals surface area contributed by atoms with Crippen LogP contribution in [0.25, 0.3) is 11.3 Å². The summed E-state index contributed by atoms with van der Waals surface area (Å²) in [5.74, 6) is 1.05. The molecule has 0 radical (unpaired) electrons. The van der Waals surface area contributed by atoms with Crippen LogP contribution in [0.15, 0.2) is 60.7 Å². The maximum atomic E-state index is 12.7. The van der Waals surface area contributed by atoms with Gasteiger partial charge in [0.25, 0.3) is 0 Å². The van der Waals surface area contributed by atoms with Gasteiger partial charge in [-0.05, 0) is 61.4 Å². The molecule has 0 saturated carbocycles. The molecule has 1 fully saturated rings. The molecule has 1 aromatic heterocycles. The van der Waals surface area contributed by atoms with Crippen LogP contribution in [0.3, 0.4) is 0 Å². The van der Waals surface area contributed by atoms with Crippen LogP contribution < -0.4 is 15.0 Å². The molecule has 2 aromatic carbocycles. The first kappa shape index (κ1) is 22.3. The van der Waals surface area contributed by atoms with Crippen molar-refractivity contribution in [3.05, 3.63) is 66.2 Å². The fourth-order valence-electron chi connectivity index (χ4n) is 3.92. The van der Waals surface area contributed by atoms with E-state index >= 15 is 0 Å². The van der Waals surface area contributed by atoms with E-state index in [-0.39, 0.29) is 11.8 Å². The van der Waals surface area contributed by atoms with Gasteiger partial charge in [-0.2, -0.15) is 0 Å². The largest absolute Gasteiger partial charge is 0.496 e. The lowest BCUT2D eigenvalue weighted by Gasteiger charge is -2.31. The van der Waals surface area contributed by atoms with Crippen LogP contribution in [0.1, 0.15) is 23.2 Å². The summed E-state index contributed by atoms with van der Waals surface area (Å²) in [5.41, 5.74) is 2.76. The molecule has 33 heavy (non-hydrogen) atoms. The molecule has 3 aromatic rings. The molecule has 0 spiro atoms. The normalized spacial score (nSPS) is 13.9. The van der Waals surface area contributed by atoms with E-state index < -0.39 is 5.97 Å². The van der Waals surface area contributed by atoms with Gasteiger partial charge in [-0.1, -0.05) is 12.1 Å². The van der Waals surface area contributed by atoms with E-state index in [0.29, 0.717) is 11.3 Å². The van der Waals surface area contributed by atoms with Crippen molar-refractivity contribution in [1.29, 1.82) is 0 Å². The Labute approximate surface area is 192 Å². The molecule has 2 heterocycles. The molecule has 170 valence electrons. The Morgan fingerprint density at radius 1 is 0.939 bits per heavy atom. The molecule has 1 aliphatic rings. The van der Waals surface area contributed by atoms with Crippen LogP contribution in [-0.2, 0) is 9.53 Å². The SMILES string of the molecule is COC(=O)c1ccc(NC(=O)C2CCN(c3ccc(-c4ccccc4OC)nn3)CC2)cc1. The Morgan fingerprint density at radius 2 is 1.67 bits per heavy atom. The molecular weight excluding hydrogens is 420 g/mol. The Hall–Kier alpha value is -3.94. The topological polar surface area (TPSA) is 93.7 Å². The third-order valence-electron chi connectivity index (χ3n) is 5.80. The molecule has 8 heteroatoms. The summed E-state index contributed by atoms with van der Waals surface area (Å²) < 4.78 is 10.1. The van der Waals surface area contributed by atoms with Crippen molar-refractivity contribution >= 4 is 23.4 Å². The van der Waals surface area contributed by atoms with Crippen molar-refractivity contribution in [3.8, 4) is 17.0 Å². The number of ether oxygens (including phenoxy) is 2. The smallest absolute Gasteiger partial charge is 0.337 e. The number of carbonyl (C=O) groups excluding carboxylic acids is 2. The first-order valence-corrected chi connectivity index (χ1v) is 10.8. The summed E-state index contributed by atoms with van der Waals surface area (Å²) in [6, 6.07) is 18.3. The number of piperidine rings is 1. The van der Waals surface area contributed by atoms with Crippen LogP contribution >= 0.6 is 0 Å². The van der Waals surface area contributed by atoms with E-state index in [0.717, 1.165) is 48.8 Å². The van der Waals surface area contributed by atoms with Crippen LogP contribution in [-0.4, -0.2) is 49.4 Å². The lowest BCUT2D eigenvalue weighted by atomic mass is 9.95. The molecule has 1 saturated heterocycles. The number of benzene rings is 2. The molecule has 0 bridgehead atoms. The Bertz CT molecular complexity index is 1110. The van der Waals surface area contributed by atoms with Crippen LogP contribution in [0, 0.1) is 5.92 Å². The molecule has 1 aliphatic heterocycles. The van der Waals surface area contributed by atoms with E-state index in [1.54, 1.807) is 31.4 Å². The highest BCUT2D eigenvalue weighted by Gasteiger charge is 2.26. The number of carbonyl (C=O) groups is 2. The standard InChI is InChI=1S/C25H26N4O4/c1-32-22-6-4-3-5-20(22)21-11-12-23(28-27-21)29-15-13-17(14-16-29)24(30)26-19-9-7-18(8-10-19)25(31)33-2/h3-12,17H,13-16H2,1-2H3,(H,26,30). The minimum Gasteiger partial charge on any atom is -0.496 e. The summed E-state index contributed by atoms with van der Waals surface area (Å²) in [5, 5.41) is 11.7. The Balaban J connectivity index is 1.33. The zero-order chi connectivity index (χ0) is 23.2. The van der Waals surface area contributed by atoms with Gasteiger partial charge >= 0.3 is 5.97 Å². The van der Waals surface area contributed by atoms with Gasteiger partial charge in [-0.3, -0.25) is 4.79 Å². The van der Waals surface area contributed by atoms with E-state index in [1.807, 2.05) is 36.4 Å². The number of para-hydroxylation sites is 1. The van der Waals surface area contributed by atoms with Gasteiger partial charge in [0.15, 0.2) is 5.82 Å². The maximum Gasteiger partial charge on any atom is 0.337 e. The number of amides is 1. The summed E-state index contributed by atoms with van der Waals surface area (Å²) >= 11 is 0. The molecule has 8 nitrogen and oxygen atoms in total. The van der Waals surface area contributed by atoms with Crippen molar-refractivity contribution in [2.75, 3.05) is 37.5 Å². The maximum absolute atomic E-state index is 12.7. The second-order valence-corrected chi connectivity index (χ2v) is 7.80. The van der Waals surface area contributed by atoms with Crippen molar-refractivity contribution in [2.24, 2.45) is 5.92 Å². The number of aromatic nitrogens is 2. The van der Waals surface area contributed by atoms with Gasteiger partial charge in [0.1, 0.15) is 5.75 Å². The Kier molecular flexibility index (Phi) is 6.83. The highest BCUT2D eigenvalue weighted by molar-refractivity contribution is 5.94. The van der Waals surface area contributed by atoms with Crippen molar-refractivity contribution in [3.63, 3.8) is 0 Å². The predicted octanol–water partition coefficient (Wildman–Crippen LogP) is 3.79. The minimum atomic E-state index is -0.403. The summed E-state index contributed by atoms with van der Waals surface area (Å²) in [6.07, 6.45) is 1.45. The molecular formula is C25H26N4O4. The van der Waals surface area contributed by atoms with E-state index in [2.05, 4.69) is 20.4 Å². The van der Waals surface area contributed by atoms with Gasteiger partial charge in [0, 0.05) is 30.3 Å². The molecule has 0 atom stereocenters. The lowest BCUT2D eigenvalue weighted by molar-refractivity contribution is -0.120. The Morgan fingerprint density at radius 3 is 2.30 bits per heavy atom. The average Bonchev–Trinajstić information content (AvgIpc) is 2.89. The molecule has 4 rings (SSSR count). The number of nitrogens with one attached hydrogen (secondary N) is 1. The molecule has 1 amide bonds. The molecule has 1 N–H and O–H groups in total. The number of hydrogen-bond donors (Lipinski definition) is 1. The fraction of sp³-hybridized carbons (Fsp3) is 0.280. The predicted molar refractivity (Wildman–Crippen MR) is 125 cm³/mol. The number of anilines is 2. The third-order valence-corrected chi connectivity index (χ3v) is 5.80. The second kappa shape index (κ2) is 10.1. The number of rotatable bonds is 6. The first-order valence-electron chi connectivity index (χ1n) is 10.8. The molecule has 0 aliphatic carbocycles. The fourth-order valence-corrected chi connectivity index (χ4v) is 3.92. The summed E-state index contributed by atoms with van der Waals surface area (Å²) in [4.78, 5) is 26.4. The highest BCUT2D eigenvalue weighted by Crippen LogP contribution is 2.29. The van der Waals surface area contributed by atoms with Gasteiger partial charge in [-0.25, -0.2) is 4.79 Å². The van der Waals surface area contributed by atoms with E-state index in [1.165, 1.54) is 7.11 Å². The van der Waals surface area contributed by atoms with Gasteiger partial charge in [-0.15, -0.1) is 10.2 Å². The van der Waals surface area contributed by atoms with Crippen LogP contribution in [0.5, 0.6) is 5.75 Å². The number of hydrogen-bond acceptors (Lipinski definition) is 7. The van der Waals surface area contributed by atoms with Crippen molar-refractivity contribution in [1.82, 2.24) is 10.2 Å². The average molecular weight is 447 g/mol. The second-order valence-electron chi connectivity index (χ2n) is 7.80. The van der Waals surface area contributed by atoms with Crippen molar-refractivity contribution < 1.29 is 19.1 Å². The molecule has 0 unspecified atom stereocenters. The monoisotopic (exact) mass is 446 g/mol. The minimum absolute atomic E-state index is 0.0157. The van der Waals surface area contributed by atoms with Crippen LogP contribution in [0.2, 0.25) is 0 Å². The highest BCUT2D eigenvalue weighted by atomic mass is 16.5.